The van der Waals surface area contributed by atoms with Crippen molar-refractivity contribution in [2.45, 2.75) is 12.2 Å². The third-order valence-corrected chi connectivity index (χ3v) is 10.5. The van der Waals surface area contributed by atoms with Gasteiger partial charge in [0.1, 0.15) is 36.9 Å². The first-order valence-electron chi connectivity index (χ1n) is 9.34. The number of aliphatic hydroxyl groups excluding tert-OH is 3. The maximum Gasteiger partial charge on any atom is 0.121 e. The summed E-state index contributed by atoms with van der Waals surface area (Å²) in [5, 5.41) is 30.2. The van der Waals surface area contributed by atoms with Gasteiger partial charge in [-0.25, -0.2) is 0 Å². The van der Waals surface area contributed by atoms with Gasteiger partial charge in [0.15, 0.2) is 0 Å². The summed E-state index contributed by atoms with van der Waals surface area (Å²) in [6.45, 7) is 0.795. The highest BCUT2D eigenvalue weighted by Crippen LogP contribution is 2.36. The molecule has 0 saturated heterocycles. The maximum atomic E-state index is 10.4. The number of nitrogens with zero attached hydrogens (tertiary/aromatic N) is 1. The second-order valence-electron chi connectivity index (χ2n) is 6.81. The number of hydrogen-bond acceptors (Lipinski definition) is 6. The van der Waals surface area contributed by atoms with Crippen LogP contribution >= 0.6 is 95.6 Å². The van der Waals surface area contributed by atoms with Crippen molar-refractivity contribution in [3.05, 3.63) is 51.1 Å². The lowest BCUT2D eigenvalue weighted by Crippen LogP contribution is -2.42. The molecule has 0 aliphatic rings. The van der Waals surface area contributed by atoms with Crippen LogP contribution in [-0.4, -0.2) is 71.9 Å². The van der Waals surface area contributed by atoms with E-state index in [1.54, 1.807) is 29.2 Å². The highest BCUT2D eigenvalue weighted by molar-refractivity contribution is 9.15. The quantitative estimate of drug-likeness (QED) is 0.237. The maximum absolute atomic E-state index is 10.4. The van der Waals surface area contributed by atoms with E-state index in [0.29, 0.717) is 18.0 Å². The molecule has 32 heavy (non-hydrogen) atoms. The number of hydrogen-bond donors (Lipinski definition) is 3. The van der Waals surface area contributed by atoms with Crippen LogP contribution in [0.3, 0.4) is 0 Å². The smallest absolute Gasteiger partial charge is 0.121 e. The minimum Gasteiger partial charge on any atom is -0.491 e. The summed E-state index contributed by atoms with van der Waals surface area (Å²) < 4.78 is 16.4. The Morgan fingerprint density at radius 3 is 1.34 bits per heavy atom. The van der Waals surface area contributed by atoms with E-state index in [0.717, 1.165) is 26.8 Å². The Kier molecular flexibility index (Phi) is 13.0. The SMILES string of the molecule is OCCN(CC(O)COc1cc(Br)c(Br)c(Br)c1)CC(O)COc1cc(Br)c(Br)c(Br)c1. The van der Waals surface area contributed by atoms with Gasteiger partial charge in [-0.1, -0.05) is 0 Å². The van der Waals surface area contributed by atoms with Gasteiger partial charge in [-0.05, 0) is 120 Å². The van der Waals surface area contributed by atoms with Gasteiger partial charge in [0.25, 0.3) is 0 Å². The van der Waals surface area contributed by atoms with Crippen LogP contribution in [0.5, 0.6) is 11.5 Å². The van der Waals surface area contributed by atoms with E-state index in [9.17, 15) is 15.3 Å². The minimum atomic E-state index is -0.811. The van der Waals surface area contributed by atoms with Crippen molar-refractivity contribution in [3.63, 3.8) is 0 Å². The first kappa shape index (κ1) is 29.0. The molecule has 2 aromatic carbocycles. The van der Waals surface area contributed by atoms with Crippen LogP contribution in [0.2, 0.25) is 0 Å². The van der Waals surface area contributed by atoms with Gasteiger partial charge in [0.2, 0.25) is 0 Å². The molecule has 0 aliphatic carbocycles. The lowest BCUT2D eigenvalue weighted by atomic mass is 10.2. The summed E-state index contributed by atoms with van der Waals surface area (Å²) in [5.41, 5.74) is 0. The highest BCUT2D eigenvalue weighted by Gasteiger charge is 2.17. The standard InChI is InChI=1S/C20H21Br6NO5/c21-15-3-13(4-16(22)19(15)25)31-9-11(29)7-27(1-2-28)8-12(30)10-32-14-5-17(23)20(26)18(24)6-14/h3-6,11-12,28-30H,1-2,7-10H2. The van der Waals surface area contributed by atoms with Crippen LogP contribution in [0.15, 0.2) is 51.1 Å². The fraction of sp³-hybridized carbons (Fsp3) is 0.400. The average molecular weight is 835 g/mol. The lowest BCUT2D eigenvalue weighted by molar-refractivity contribution is 0.0255. The average Bonchev–Trinajstić information content (AvgIpc) is 2.72. The summed E-state index contributed by atoms with van der Waals surface area (Å²) in [4.78, 5) is 1.77. The Bertz CT molecular complexity index is 787. The molecule has 178 valence electrons. The zero-order valence-electron chi connectivity index (χ0n) is 16.6. The minimum absolute atomic E-state index is 0.0655. The molecule has 2 aromatic rings. The summed E-state index contributed by atoms with van der Waals surface area (Å²) in [6, 6.07) is 7.19. The number of ether oxygens (including phenoxy) is 2. The van der Waals surface area contributed by atoms with Crippen molar-refractivity contribution >= 4 is 95.6 Å². The van der Waals surface area contributed by atoms with Crippen molar-refractivity contribution in [1.82, 2.24) is 4.90 Å². The molecule has 3 N–H and O–H groups in total. The summed E-state index contributed by atoms with van der Waals surface area (Å²) in [5.74, 6) is 1.19. The van der Waals surface area contributed by atoms with E-state index >= 15 is 0 Å². The zero-order valence-corrected chi connectivity index (χ0v) is 26.1. The Morgan fingerprint density at radius 1 is 0.688 bits per heavy atom. The van der Waals surface area contributed by atoms with E-state index in [2.05, 4.69) is 95.6 Å². The molecule has 0 aliphatic heterocycles. The number of benzene rings is 2. The van der Waals surface area contributed by atoms with Crippen LogP contribution < -0.4 is 9.47 Å². The number of halogens is 6. The highest BCUT2D eigenvalue weighted by atomic mass is 79.9. The third-order valence-electron chi connectivity index (χ3n) is 4.15. The van der Waals surface area contributed by atoms with Crippen molar-refractivity contribution in [2.75, 3.05) is 39.5 Å². The van der Waals surface area contributed by atoms with Crippen molar-refractivity contribution < 1.29 is 24.8 Å². The second kappa shape index (κ2) is 14.4. The van der Waals surface area contributed by atoms with E-state index in [1.165, 1.54) is 0 Å². The van der Waals surface area contributed by atoms with Crippen molar-refractivity contribution in [3.8, 4) is 11.5 Å². The second-order valence-corrected chi connectivity index (χ2v) is 11.8. The molecule has 0 fully saturated rings. The summed E-state index contributed by atoms with van der Waals surface area (Å²) in [6.07, 6.45) is -1.62. The van der Waals surface area contributed by atoms with Gasteiger partial charge in [-0.3, -0.25) is 4.90 Å². The third kappa shape index (κ3) is 9.43. The zero-order chi connectivity index (χ0) is 23.8. The first-order valence-corrected chi connectivity index (χ1v) is 14.1. The molecule has 2 unspecified atom stereocenters. The van der Waals surface area contributed by atoms with Gasteiger partial charge in [-0.2, -0.15) is 0 Å². The Hall–Kier alpha value is 0.760. The van der Waals surface area contributed by atoms with E-state index in [-0.39, 0.29) is 32.9 Å². The lowest BCUT2D eigenvalue weighted by Gasteiger charge is -2.26. The fourth-order valence-corrected chi connectivity index (χ4v) is 5.46. The number of aliphatic hydroxyl groups is 3. The summed E-state index contributed by atoms with van der Waals surface area (Å²) in [7, 11) is 0. The molecule has 6 nitrogen and oxygen atoms in total. The monoisotopic (exact) mass is 829 g/mol. The molecular formula is C20H21Br6NO5. The Labute approximate surface area is 237 Å². The Morgan fingerprint density at radius 2 is 1.03 bits per heavy atom. The fourth-order valence-electron chi connectivity index (χ4n) is 2.72. The van der Waals surface area contributed by atoms with Crippen molar-refractivity contribution in [2.24, 2.45) is 0 Å². The molecule has 0 bridgehead atoms. The van der Waals surface area contributed by atoms with Gasteiger partial charge >= 0.3 is 0 Å². The summed E-state index contributed by atoms with van der Waals surface area (Å²) >= 11 is 20.6. The number of rotatable bonds is 12. The van der Waals surface area contributed by atoms with Crippen LogP contribution in [0.1, 0.15) is 0 Å². The molecule has 0 aromatic heterocycles. The van der Waals surface area contributed by atoms with Gasteiger partial charge in [-0.15, -0.1) is 0 Å². The molecule has 0 saturated carbocycles. The Balaban J connectivity index is 1.85. The molecule has 12 heteroatoms. The molecule has 0 heterocycles. The predicted molar refractivity (Wildman–Crippen MR) is 146 cm³/mol. The largest absolute Gasteiger partial charge is 0.491 e. The van der Waals surface area contributed by atoms with E-state index in [4.69, 9.17) is 9.47 Å². The van der Waals surface area contributed by atoms with Crippen LogP contribution in [0.25, 0.3) is 0 Å². The van der Waals surface area contributed by atoms with E-state index in [1.807, 2.05) is 0 Å². The molecule has 0 spiro atoms. The topological polar surface area (TPSA) is 82.4 Å². The molecule has 0 radical (unpaired) electrons. The van der Waals surface area contributed by atoms with Crippen LogP contribution in [0.4, 0.5) is 0 Å². The van der Waals surface area contributed by atoms with Crippen LogP contribution in [0, 0.1) is 0 Å². The first-order chi connectivity index (χ1) is 15.1. The molecular weight excluding hydrogens is 814 g/mol. The van der Waals surface area contributed by atoms with Gasteiger partial charge in [0, 0.05) is 46.5 Å². The van der Waals surface area contributed by atoms with Crippen molar-refractivity contribution in [1.29, 1.82) is 0 Å². The van der Waals surface area contributed by atoms with Gasteiger partial charge < -0.3 is 24.8 Å². The van der Waals surface area contributed by atoms with E-state index < -0.39 is 12.2 Å². The van der Waals surface area contributed by atoms with Gasteiger partial charge in [0.05, 0.1) is 6.61 Å². The molecule has 2 atom stereocenters. The molecule has 0 amide bonds. The van der Waals surface area contributed by atoms with Crippen LogP contribution in [-0.2, 0) is 0 Å². The normalized spacial score (nSPS) is 13.3. The predicted octanol–water partition coefficient (Wildman–Crippen LogP) is 5.74. The molecule has 2 rings (SSSR count).